The Balaban J connectivity index is 1.95. The maximum absolute atomic E-state index is 12.5. The molecule has 0 aliphatic carbocycles. The molecule has 0 fully saturated rings. The fourth-order valence-corrected chi connectivity index (χ4v) is 2.83. The summed E-state index contributed by atoms with van der Waals surface area (Å²) in [7, 11) is 0. The topological polar surface area (TPSA) is 84.0 Å². The van der Waals surface area contributed by atoms with Crippen molar-refractivity contribution in [2.75, 3.05) is 5.32 Å². The van der Waals surface area contributed by atoms with Gasteiger partial charge in [0.15, 0.2) is 0 Å². The number of amides is 1. The van der Waals surface area contributed by atoms with Crippen LogP contribution in [0.2, 0.25) is 0 Å². The molecule has 0 aliphatic heterocycles. The Morgan fingerprint density at radius 2 is 1.76 bits per heavy atom. The van der Waals surface area contributed by atoms with E-state index >= 15 is 0 Å². The number of H-pyrrole nitrogens is 1. The molecule has 1 heterocycles. The number of benzene rings is 2. The van der Waals surface area contributed by atoms with Gasteiger partial charge in [-0.15, -0.1) is 0 Å². The average Bonchev–Trinajstić information content (AvgIpc) is 2.59. The summed E-state index contributed by atoms with van der Waals surface area (Å²) in [5.41, 5.74) is 1.27. The SMILES string of the molecule is CC(C)c1ccccc1NC(=O)Cn1c(=O)c(=O)[nH]c2ccccc21. The van der Waals surface area contributed by atoms with Crippen molar-refractivity contribution < 1.29 is 4.79 Å². The van der Waals surface area contributed by atoms with Crippen LogP contribution in [0.25, 0.3) is 11.0 Å². The molecule has 3 rings (SSSR count). The molecule has 6 heteroatoms. The van der Waals surface area contributed by atoms with Gasteiger partial charge in [0.2, 0.25) is 5.91 Å². The normalized spacial score (nSPS) is 11.0. The molecule has 25 heavy (non-hydrogen) atoms. The third kappa shape index (κ3) is 3.38. The molecule has 2 N–H and O–H groups in total. The summed E-state index contributed by atoms with van der Waals surface area (Å²) in [6.07, 6.45) is 0. The molecule has 1 aromatic heterocycles. The number of anilines is 1. The highest BCUT2D eigenvalue weighted by Crippen LogP contribution is 2.23. The maximum Gasteiger partial charge on any atom is 0.317 e. The second-order valence-electron chi connectivity index (χ2n) is 6.15. The Labute approximate surface area is 144 Å². The van der Waals surface area contributed by atoms with Crippen LogP contribution in [0.3, 0.4) is 0 Å². The lowest BCUT2D eigenvalue weighted by atomic mass is 10.0. The summed E-state index contributed by atoms with van der Waals surface area (Å²) in [6, 6.07) is 14.4. The summed E-state index contributed by atoms with van der Waals surface area (Å²) in [5, 5.41) is 2.84. The maximum atomic E-state index is 12.5. The molecule has 0 aliphatic rings. The van der Waals surface area contributed by atoms with Gasteiger partial charge in [0.05, 0.1) is 11.0 Å². The predicted molar refractivity (Wildman–Crippen MR) is 98.0 cm³/mol. The molecule has 1 amide bonds. The highest BCUT2D eigenvalue weighted by molar-refractivity contribution is 5.92. The second kappa shape index (κ2) is 6.76. The first-order valence-corrected chi connectivity index (χ1v) is 8.08. The van der Waals surface area contributed by atoms with Gasteiger partial charge in [-0.25, -0.2) is 0 Å². The van der Waals surface area contributed by atoms with E-state index in [0.29, 0.717) is 16.7 Å². The number of hydrogen-bond acceptors (Lipinski definition) is 3. The van der Waals surface area contributed by atoms with Gasteiger partial charge < -0.3 is 10.3 Å². The van der Waals surface area contributed by atoms with Crippen molar-refractivity contribution in [3.8, 4) is 0 Å². The van der Waals surface area contributed by atoms with E-state index < -0.39 is 11.1 Å². The summed E-state index contributed by atoms with van der Waals surface area (Å²) in [6.45, 7) is 3.86. The van der Waals surface area contributed by atoms with E-state index in [4.69, 9.17) is 0 Å². The number of hydrogen-bond donors (Lipinski definition) is 2. The highest BCUT2D eigenvalue weighted by atomic mass is 16.2. The van der Waals surface area contributed by atoms with Crippen molar-refractivity contribution in [1.82, 2.24) is 9.55 Å². The molecule has 0 radical (unpaired) electrons. The molecule has 6 nitrogen and oxygen atoms in total. The lowest BCUT2D eigenvalue weighted by molar-refractivity contribution is -0.116. The number of aromatic amines is 1. The number of carbonyl (C=O) groups is 1. The number of rotatable bonds is 4. The number of nitrogens with zero attached hydrogens (tertiary/aromatic N) is 1. The van der Waals surface area contributed by atoms with Gasteiger partial charge >= 0.3 is 11.1 Å². The quantitative estimate of drug-likeness (QED) is 0.717. The molecule has 0 atom stereocenters. The molecule has 3 aromatic rings. The van der Waals surface area contributed by atoms with Gasteiger partial charge in [-0.1, -0.05) is 44.2 Å². The van der Waals surface area contributed by atoms with Gasteiger partial charge in [0.25, 0.3) is 0 Å². The van der Waals surface area contributed by atoms with E-state index in [1.54, 1.807) is 24.3 Å². The average molecular weight is 337 g/mol. The molecule has 0 unspecified atom stereocenters. The lowest BCUT2D eigenvalue weighted by Crippen LogP contribution is -2.38. The second-order valence-corrected chi connectivity index (χ2v) is 6.15. The minimum atomic E-state index is -0.744. The summed E-state index contributed by atoms with van der Waals surface area (Å²) in [5.74, 6) is -0.106. The zero-order chi connectivity index (χ0) is 18.0. The summed E-state index contributed by atoms with van der Waals surface area (Å²) < 4.78 is 1.20. The Morgan fingerprint density at radius 1 is 1.08 bits per heavy atom. The fraction of sp³-hybridized carbons (Fsp3) is 0.211. The third-order valence-electron chi connectivity index (χ3n) is 4.04. The van der Waals surface area contributed by atoms with Crippen molar-refractivity contribution in [3.63, 3.8) is 0 Å². The van der Waals surface area contributed by atoms with Gasteiger partial charge in [-0.3, -0.25) is 19.0 Å². The number of fused-ring (bicyclic) bond motifs is 1. The first-order valence-electron chi connectivity index (χ1n) is 8.08. The highest BCUT2D eigenvalue weighted by Gasteiger charge is 2.13. The van der Waals surface area contributed by atoms with Crippen LogP contribution in [0.4, 0.5) is 5.69 Å². The lowest BCUT2D eigenvalue weighted by Gasteiger charge is -2.14. The number of aromatic nitrogens is 2. The van der Waals surface area contributed by atoms with Crippen LogP contribution in [0.5, 0.6) is 0 Å². The number of nitrogens with one attached hydrogen (secondary N) is 2. The van der Waals surface area contributed by atoms with Crippen molar-refractivity contribution in [2.45, 2.75) is 26.3 Å². The van der Waals surface area contributed by atoms with Crippen LogP contribution in [0.15, 0.2) is 58.1 Å². The van der Waals surface area contributed by atoms with E-state index in [1.165, 1.54) is 4.57 Å². The molecular weight excluding hydrogens is 318 g/mol. The zero-order valence-electron chi connectivity index (χ0n) is 14.1. The molecule has 0 saturated heterocycles. The first-order chi connectivity index (χ1) is 12.0. The van der Waals surface area contributed by atoms with Crippen LogP contribution in [0, 0.1) is 0 Å². The Hall–Kier alpha value is -3.15. The van der Waals surface area contributed by atoms with Crippen molar-refractivity contribution in [3.05, 3.63) is 74.8 Å². The third-order valence-corrected chi connectivity index (χ3v) is 4.04. The number of carbonyl (C=O) groups excluding carboxylic acids is 1. The molecule has 0 spiro atoms. The van der Waals surface area contributed by atoms with Crippen LogP contribution in [-0.4, -0.2) is 15.5 Å². The number of para-hydroxylation sites is 3. The Kier molecular flexibility index (Phi) is 4.52. The van der Waals surface area contributed by atoms with Crippen molar-refractivity contribution in [2.24, 2.45) is 0 Å². The van der Waals surface area contributed by atoms with Gasteiger partial charge in [0.1, 0.15) is 6.54 Å². The smallest absolute Gasteiger partial charge is 0.317 e. The molecule has 2 aromatic carbocycles. The van der Waals surface area contributed by atoms with Gasteiger partial charge in [-0.2, -0.15) is 0 Å². The molecule has 0 bridgehead atoms. The Bertz CT molecular complexity index is 1050. The van der Waals surface area contributed by atoms with Crippen molar-refractivity contribution >= 4 is 22.6 Å². The van der Waals surface area contributed by atoms with E-state index in [0.717, 1.165) is 5.56 Å². The monoisotopic (exact) mass is 337 g/mol. The van der Waals surface area contributed by atoms with Gasteiger partial charge in [-0.05, 0) is 29.7 Å². The minimum absolute atomic E-state index is 0.226. The fourth-order valence-electron chi connectivity index (χ4n) is 2.83. The minimum Gasteiger partial charge on any atom is -0.324 e. The van der Waals surface area contributed by atoms with E-state index in [2.05, 4.69) is 10.3 Å². The molecule has 0 saturated carbocycles. The Morgan fingerprint density at radius 3 is 2.52 bits per heavy atom. The van der Waals surface area contributed by atoms with Crippen LogP contribution in [0.1, 0.15) is 25.3 Å². The molecular formula is C19H19N3O3. The molecule has 128 valence electrons. The predicted octanol–water partition coefficient (Wildman–Crippen LogP) is 2.45. The van der Waals surface area contributed by atoms with E-state index in [-0.39, 0.29) is 18.4 Å². The summed E-state index contributed by atoms with van der Waals surface area (Å²) >= 11 is 0. The standard InChI is InChI=1S/C19H19N3O3/c1-12(2)13-7-3-4-8-14(13)20-17(23)11-22-16-10-6-5-9-15(16)21-18(24)19(22)25/h3-10,12H,11H2,1-2H3,(H,20,23)(H,21,24). The van der Waals surface area contributed by atoms with Crippen LogP contribution >= 0.6 is 0 Å². The van der Waals surface area contributed by atoms with Crippen LogP contribution < -0.4 is 16.4 Å². The van der Waals surface area contributed by atoms with E-state index in [9.17, 15) is 14.4 Å². The van der Waals surface area contributed by atoms with E-state index in [1.807, 2.05) is 38.1 Å². The van der Waals surface area contributed by atoms with Crippen LogP contribution in [-0.2, 0) is 11.3 Å². The summed E-state index contributed by atoms with van der Waals surface area (Å²) in [4.78, 5) is 39.0. The zero-order valence-corrected chi connectivity index (χ0v) is 14.1. The van der Waals surface area contributed by atoms with Crippen molar-refractivity contribution in [1.29, 1.82) is 0 Å². The largest absolute Gasteiger partial charge is 0.324 e. The van der Waals surface area contributed by atoms with Gasteiger partial charge in [0, 0.05) is 5.69 Å². The first kappa shape index (κ1) is 16.7.